The van der Waals surface area contributed by atoms with Gasteiger partial charge in [0.1, 0.15) is 0 Å². The highest BCUT2D eigenvalue weighted by Gasteiger charge is 2.37. The van der Waals surface area contributed by atoms with Crippen LogP contribution >= 0.6 is 27.7 Å². The summed E-state index contributed by atoms with van der Waals surface area (Å²) in [7, 11) is 1.49. The molecule has 0 spiro atoms. The molecule has 9 heteroatoms. The van der Waals surface area contributed by atoms with E-state index >= 15 is 0 Å². The number of thioether (sulfide) groups is 1. The third-order valence-corrected chi connectivity index (χ3v) is 6.69. The summed E-state index contributed by atoms with van der Waals surface area (Å²) >= 11 is 4.39. The van der Waals surface area contributed by atoms with Crippen molar-refractivity contribution in [1.29, 1.82) is 0 Å². The lowest BCUT2D eigenvalue weighted by molar-refractivity contribution is -0.124. The van der Waals surface area contributed by atoms with E-state index in [1.165, 1.54) is 12.0 Å². The molecule has 3 rings (SSSR count). The molecule has 1 atom stereocenters. The van der Waals surface area contributed by atoms with E-state index in [0.29, 0.717) is 38.5 Å². The number of nitrogens with one attached hydrogen (secondary N) is 1. The molecule has 0 radical (unpaired) electrons. The van der Waals surface area contributed by atoms with Crippen molar-refractivity contribution in [2.45, 2.75) is 33.2 Å². The Morgan fingerprint density at radius 2 is 1.91 bits per heavy atom. The fourth-order valence-corrected chi connectivity index (χ4v) is 4.45. The van der Waals surface area contributed by atoms with Gasteiger partial charge in [0.15, 0.2) is 18.1 Å². The van der Waals surface area contributed by atoms with Gasteiger partial charge in [0.05, 0.1) is 12.0 Å². The van der Waals surface area contributed by atoms with E-state index in [-0.39, 0.29) is 29.7 Å². The smallest absolute Gasteiger partial charge is 0.293 e. The first-order valence-electron chi connectivity index (χ1n) is 10.4. The first-order valence-corrected chi connectivity index (χ1v) is 12.0. The Morgan fingerprint density at radius 3 is 2.55 bits per heavy atom. The summed E-state index contributed by atoms with van der Waals surface area (Å²) in [5.41, 5.74) is 2.44. The molecule has 0 aliphatic carbocycles. The highest BCUT2D eigenvalue weighted by atomic mass is 79.9. The predicted molar refractivity (Wildman–Crippen MR) is 134 cm³/mol. The Hall–Kier alpha value is -2.78. The molecule has 1 saturated heterocycles. The van der Waals surface area contributed by atoms with Crippen molar-refractivity contribution in [1.82, 2.24) is 4.90 Å². The Balaban J connectivity index is 1.74. The number of nitrogens with zero attached hydrogens (tertiary/aromatic N) is 1. The molecule has 0 unspecified atom stereocenters. The molecule has 7 nitrogen and oxygen atoms in total. The second-order valence-electron chi connectivity index (χ2n) is 7.54. The molecule has 0 bridgehead atoms. The van der Waals surface area contributed by atoms with Gasteiger partial charge in [-0.05, 0) is 67.9 Å². The summed E-state index contributed by atoms with van der Waals surface area (Å²) in [5.74, 6) is 0.153. The third-order valence-electron chi connectivity index (χ3n) is 5.12. The number of anilines is 1. The number of carbonyl (C=O) groups is 3. The summed E-state index contributed by atoms with van der Waals surface area (Å²) in [4.78, 5) is 38.9. The van der Waals surface area contributed by atoms with Crippen molar-refractivity contribution < 1.29 is 23.9 Å². The topological polar surface area (TPSA) is 84.9 Å². The predicted octanol–water partition coefficient (Wildman–Crippen LogP) is 5.62. The van der Waals surface area contributed by atoms with E-state index in [1.807, 2.05) is 45.0 Å². The molecule has 1 heterocycles. The van der Waals surface area contributed by atoms with Gasteiger partial charge in [-0.15, -0.1) is 0 Å². The van der Waals surface area contributed by atoms with Gasteiger partial charge in [0, 0.05) is 16.2 Å². The van der Waals surface area contributed by atoms with Crippen molar-refractivity contribution in [2.75, 3.05) is 19.0 Å². The fraction of sp³-hybridized carbons (Fsp3) is 0.292. The molecule has 1 aliphatic rings. The van der Waals surface area contributed by atoms with Gasteiger partial charge in [-0.2, -0.15) is 0 Å². The standard InChI is InChI=1S/C24H25BrN2O5S/c1-5-15(3)27-23(29)21(33-24(27)30)11-16-10-19(31-4)20(12-18(16)25)32-13-22(28)26-17-8-6-14(2)7-9-17/h6-12,15H,5,13H2,1-4H3,(H,26,28)/b21-11+/t15-/m1/s1. The third kappa shape index (κ3) is 5.97. The van der Waals surface area contributed by atoms with Crippen LogP contribution in [0.5, 0.6) is 11.5 Å². The Bertz CT molecular complexity index is 1100. The maximum Gasteiger partial charge on any atom is 0.293 e. The highest BCUT2D eigenvalue weighted by molar-refractivity contribution is 9.10. The molecule has 2 aromatic carbocycles. The molecule has 3 amide bonds. The first kappa shape index (κ1) is 24.9. The van der Waals surface area contributed by atoms with Crippen LogP contribution in [0.3, 0.4) is 0 Å². The van der Waals surface area contributed by atoms with Gasteiger partial charge in [-0.1, -0.05) is 40.5 Å². The maximum atomic E-state index is 12.7. The highest BCUT2D eigenvalue weighted by Crippen LogP contribution is 2.38. The summed E-state index contributed by atoms with van der Waals surface area (Å²) in [5, 5.41) is 2.50. The van der Waals surface area contributed by atoms with Crippen molar-refractivity contribution in [2.24, 2.45) is 0 Å². The number of amides is 3. The molecule has 0 aromatic heterocycles. The first-order chi connectivity index (χ1) is 15.7. The molecule has 1 aliphatic heterocycles. The maximum absolute atomic E-state index is 12.7. The molecule has 174 valence electrons. The molecular weight excluding hydrogens is 508 g/mol. The van der Waals surface area contributed by atoms with Gasteiger partial charge in [-0.3, -0.25) is 19.3 Å². The minimum Gasteiger partial charge on any atom is -0.493 e. The fourth-order valence-electron chi connectivity index (χ4n) is 3.09. The van der Waals surface area contributed by atoms with Crippen molar-refractivity contribution in [3.05, 3.63) is 56.9 Å². The van der Waals surface area contributed by atoms with E-state index in [0.717, 1.165) is 17.3 Å². The van der Waals surface area contributed by atoms with E-state index in [2.05, 4.69) is 21.2 Å². The quantitative estimate of drug-likeness (QED) is 0.444. The minimum absolute atomic E-state index is 0.164. The van der Waals surface area contributed by atoms with Crippen LogP contribution in [-0.4, -0.2) is 41.7 Å². The van der Waals surface area contributed by atoms with Gasteiger partial charge in [0.25, 0.3) is 17.1 Å². The number of halogens is 1. The van der Waals surface area contributed by atoms with Crippen LogP contribution in [0.2, 0.25) is 0 Å². The number of hydrogen-bond acceptors (Lipinski definition) is 6. The van der Waals surface area contributed by atoms with Crippen LogP contribution in [0.1, 0.15) is 31.4 Å². The van der Waals surface area contributed by atoms with E-state index in [9.17, 15) is 14.4 Å². The zero-order chi connectivity index (χ0) is 24.1. The lowest BCUT2D eigenvalue weighted by atomic mass is 10.1. The zero-order valence-electron chi connectivity index (χ0n) is 18.8. The summed E-state index contributed by atoms with van der Waals surface area (Å²) in [6.07, 6.45) is 2.33. The number of hydrogen-bond donors (Lipinski definition) is 1. The van der Waals surface area contributed by atoms with Gasteiger partial charge in [-0.25, -0.2) is 0 Å². The summed E-state index contributed by atoms with van der Waals surface area (Å²) in [6.45, 7) is 5.54. The normalized spacial score (nSPS) is 15.7. The molecular formula is C24H25BrN2O5S. The average molecular weight is 533 g/mol. The average Bonchev–Trinajstić information content (AvgIpc) is 3.07. The second kappa shape index (κ2) is 10.9. The van der Waals surface area contributed by atoms with Crippen molar-refractivity contribution >= 4 is 56.5 Å². The van der Waals surface area contributed by atoms with Gasteiger partial charge >= 0.3 is 0 Å². The monoisotopic (exact) mass is 532 g/mol. The molecule has 1 fully saturated rings. The number of ether oxygens (including phenoxy) is 2. The Morgan fingerprint density at radius 1 is 1.21 bits per heavy atom. The number of imide groups is 1. The van der Waals surface area contributed by atoms with E-state index in [1.54, 1.807) is 18.2 Å². The molecule has 0 saturated carbocycles. The zero-order valence-corrected chi connectivity index (χ0v) is 21.2. The number of methoxy groups -OCH3 is 1. The number of benzene rings is 2. The van der Waals surface area contributed by atoms with Crippen LogP contribution in [0.25, 0.3) is 6.08 Å². The Kier molecular flexibility index (Phi) is 8.20. The molecule has 1 N–H and O–H groups in total. The number of aryl methyl sites for hydroxylation is 1. The van der Waals surface area contributed by atoms with Gasteiger partial charge in [0.2, 0.25) is 0 Å². The van der Waals surface area contributed by atoms with E-state index < -0.39 is 0 Å². The lowest BCUT2D eigenvalue weighted by Crippen LogP contribution is -2.36. The van der Waals surface area contributed by atoms with Crippen molar-refractivity contribution in [3.8, 4) is 11.5 Å². The molecule has 33 heavy (non-hydrogen) atoms. The number of carbonyl (C=O) groups excluding carboxylic acids is 3. The summed E-state index contributed by atoms with van der Waals surface area (Å²) in [6, 6.07) is 10.7. The van der Waals surface area contributed by atoms with Crippen molar-refractivity contribution in [3.63, 3.8) is 0 Å². The van der Waals surface area contributed by atoms with Crippen LogP contribution in [-0.2, 0) is 9.59 Å². The van der Waals surface area contributed by atoms with Crippen LogP contribution in [0, 0.1) is 6.92 Å². The summed E-state index contributed by atoms with van der Waals surface area (Å²) < 4.78 is 11.7. The van der Waals surface area contributed by atoms with Crippen LogP contribution in [0.15, 0.2) is 45.8 Å². The van der Waals surface area contributed by atoms with Crippen LogP contribution < -0.4 is 14.8 Å². The molecule has 2 aromatic rings. The second-order valence-corrected chi connectivity index (χ2v) is 9.38. The Labute approximate surface area is 205 Å². The number of rotatable bonds is 8. The van der Waals surface area contributed by atoms with Gasteiger partial charge < -0.3 is 14.8 Å². The lowest BCUT2D eigenvalue weighted by Gasteiger charge is -2.19. The SMILES string of the molecule is CC[C@@H](C)N1C(=O)S/C(=C/c2cc(OC)c(OCC(=O)Nc3ccc(C)cc3)cc2Br)C1=O. The van der Waals surface area contributed by atoms with E-state index in [4.69, 9.17) is 9.47 Å². The van der Waals surface area contributed by atoms with Crippen LogP contribution in [0.4, 0.5) is 10.5 Å². The largest absolute Gasteiger partial charge is 0.493 e. The minimum atomic E-state index is -0.307.